The molecule has 0 bridgehead atoms. The molecule has 3 nitrogen and oxygen atoms in total. The number of hydrogen-bond acceptors (Lipinski definition) is 3. The number of carbonyl (C=O) groups is 1. The minimum Gasteiger partial charge on any atom is -0.507 e. The van der Waals surface area contributed by atoms with Crippen LogP contribution in [0, 0.1) is 0 Å². The van der Waals surface area contributed by atoms with E-state index in [-0.39, 0.29) is 22.5 Å². The average molecular weight is 403 g/mol. The van der Waals surface area contributed by atoms with Gasteiger partial charge in [0.15, 0.2) is 0 Å². The zero-order valence-corrected chi connectivity index (χ0v) is 20.2. The minimum atomic E-state index is -0.334. The van der Waals surface area contributed by atoms with Crippen LogP contribution in [0.15, 0.2) is 11.6 Å². The second-order valence-corrected chi connectivity index (χ2v) is 10.2. The van der Waals surface area contributed by atoms with Crippen molar-refractivity contribution >= 4 is 12.0 Å². The van der Waals surface area contributed by atoms with Gasteiger partial charge in [0.2, 0.25) is 0 Å². The number of aromatic hydroxyl groups is 1. The van der Waals surface area contributed by atoms with E-state index in [1.54, 1.807) is 6.07 Å². The number of phenols is 1. The van der Waals surface area contributed by atoms with E-state index < -0.39 is 0 Å². The molecule has 0 aliphatic carbocycles. The Labute approximate surface area is 178 Å². The monoisotopic (exact) mass is 402 g/mol. The molecule has 0 saturated heterocycles. The van der Waals surface area contributed by atoms with E-state index in [4.69, 9.17) is 4.74 Å². The number of hydrogen-bond donors (Lipinski definition) is 1. The zero-order chi connectivity index (χ0) is 22.4. The summed E-state index contributed by atoms with van der Waals surface area (Å²) in [6.07, 6.45) is 8.77. The predicted octanol–water partition coefficient (Wildman–Crippen LogP) is 7.68. The molecule has 0 unspecified atom stereocenters. The summed E-state index contributed by atoms with van der Waals surface area (Å²) in [5, 5.41) is 11.1. The highest BCUT2D eigenvalue weighted by Crippen LogP contribution is 2.46. The molecule has 29 heavy (non-hydrogen) atoms. The van der Waals surface area contributed by atoms with Crippen LogP contribution in [0.2, 0.25) is 0 Å². The first-order valence-electron chi connectivity index (χ1n) is 11.1. The summed E-state index contributed by atoms with van der Waals surface area (Å²) < 4.78 is 5.79. The van der Waals surface area contributed by atoms with Gasteiger partial charge in [0.05, 0.1) is 0 Å². The van der Waals surface area contributed by atoms with Crippen LogP contribution in [-0.2, 0) is 15.6 Å². The zero-order valence-electron chi connectivity index (χ0n) is 20.2. The number of allylic oxidation sites excluding steroid dienone is 1. The molecule has 0 spiro atoms. The molecule has 3 heteroatoms. The molecule has 0 atom stereocenters. The summed E-state index contributed by atoms with van der Waals surface area (Å²) in [7, 11) is 0. The van der Waals surface area contributed by atoms with E-state index in [1.807, 2.05) is 0 Å². The Morgan fingerprint density at radius 3 is 1.90 bits per heavy atom. The first kappa shape index (κ1) is 25.3. The van der Waals surface area contributed by atoms with Gasteiger partial charge < -0.3 is 9.84 Å². The Hall–Kier alpha value is -1.77. The van der Waals surface area contributed by atoms with Crippen molar-refractivity contribution < 1.29 is 14.6 Å². The van der Waals surface area contributed by atoms with Gasteiger partial charge in [0.25, 0.3) is 0 Å². The Balaban J connectivity index is 3.85. The molecule has 0 amide bonds. The maximum atomic E-state index is 12.0. The van der Waals surface area contributed by atoms with Crippen molar-refractivity contribution in [2.45, 2.75) is 112 Å². The Bertz CT molecular complexity index is 718. The third-order valence-corrected chi connectivity index (χ3v) is 5.15. The molecule has 0 saturated carbocycles. The lowest BCUT2D eigenvalue weighted by Gasteiger charge is -2.31. The Morgan fingerprint density at radius 2 is 1.52 bits per heavy atom. The molecule has 0 aliphatic heterocycles. The van der Waals surface area contributed by atoms with Gasteiger partial charge in [-0.1, -0.05) is 79.9 Å². The van der Waals surface area contributed by atoms with Gasteiger partial charge in [-0.3, -0.25) is 4.79 Å². The molecule has 0 radical (unpaired) electrons. The molecular formula is C26H42O3. The number of esters is 1. The molecule has 1 rings (SSSR count). The van der Waals surface area contributed by atoms with Crippen LogP contribution in [0.5, 0.6) is 11.5 Å². The smallest absolute Gasteiger partial charge is 0.308 e. The number of unbranched alkanes of at least 4 members (excludes halogenated alkanes) is 2. The number of benzene rings is 1. The van der Waals surface area contributed by atoms with Crippen molar-refractivity contribution in [3.05, 3.63) is 28.3 Å². The fourth-order valence-electron chi connectivity index (χ4n) is 3.64. The van der Waals surface area contributed by atoms with Gasteiger partial charge in [0, 0.05) is 23.6 Å². The van der Waals surface area contributed by atoms with Crippen LogP contribution in [0.4, 0.5) is 0 Å². The average Bonchev–Trinajstić information content (AvgIpc) is 2.56. The fraction of sp³-hybridized carbons (Fsp3) is 0.654. The van der Waals surface area contributed by atoms with Crippen molar-refractivity contribution in [2.75, 3.05) is 0 Å². The lowest BCUT2D eigenvalue weighted by molar-refractivity contribution is -0.132. The lowest BCUT2D eigenvalue weighted by atomic mass is 9.76. The molecule has 0 aliphatic rings. The summed E-state index contributed by atoms with van der Waals surface area (Å²) in [6, 6.07) is 1.79. The van der Waals surface area contributed by atoms with Crippen molar-refractivity contribution in [3.63, 3.8) is 0 Å². The normalized spacial score (nSPS) is 12.0. The Morgan fingerprint density at radius 1 is 1.00 bits per heavy atom. The summed E-state index contributed by atoms with van der Waals surface area (Å²) in [6.45, 7) is 18.4. The van der Waals surface area contributed by atoms with Gasteiger partial charge in [-0.2, -0.15) is 0 Å². The summed E-state index contributed by atoms with van der Waals surface area (Å²) in [5.41, 5.74) is 3.35. The fourth-order valence-corrected chi connectivity index (χ4v) is 3.64. The maximum absolute atomic E-state index is 12.0. The molecule has 1 N–H and O–H groups in total. The summed E-state index contributed by atoms with van der Waals surface area (Å²) in [4.78, 5) is 12.0. The largest absolute Gasteiger partial charge is 0.507 e. The van der Waals surface area contributed by atoms with E-state index in [0.717, 1.165) is 55.2 Å². The van der Waals surface area contributed by atoms with Crippen LogP contribution < -0.4 is 4.74 Å². The van der Waals surface area contributed by atoms with Crippen LogP contribution in [0.3, 0.4) is 0 Å². The van der Waals surface area contributed by atoms with Gasteiger partial charge in [-0.15, -0.1) is 0 Å². The van der Waals surface area contributed by atoms with Crippen molar-refractivity contribution in [3.8, 4) is 11.5 Å². The molecule has 0 heterocycles. The number of rotatable bonds is 8. The SMILES string of the molecule is CCCCC(=Cc1c(O)cc(C(C)(C)C)c(OC(C)=O)c1C(C)(C)C)CCCC. The van der Waals surface area contributed by atoms with Crippen molar-refractivity contribution in [1.82, 2.24) is 0 Å². The quantitative estimate of drug-likeness (QED) is 0.358. The topological polar surface area (TPSA) is 46.5 Å². The number of carbonyl (C=O) groups excluding carboxylic acids is 1. The highest BCUT2D eigenvalue weighted by atomic mass is 16.5. The summed E-state index contributed by atoms with van der Waals surface area (Å²) >= 11 is 0. The second kappa shape index (κ2) is 10.3. The highest BCUT2D eigenvalue weighted by Gasteiger charge is 2.32. The second-order valence-electron chi connectivity index (χ2n) is 10.2. The number of phenolic OH excluding ortho intramolecular Hbond substituents is 1. The minimum absolute atomic E-state index is 0.265. The summed E-state index contributed by atoms with van der Waals surface area (Å²) in [5.74, 6) is 0.534. The van der Waals surface area contributed by atoms with Crippen LogP contribution in [0.1, 0.15) is 118 Å². The van der Waals surface area contributed by atoms with Gasteiger partial charge >= 0.3 is 5.97 Å². The van der Waals surface area contributed by atoms with Crippen molar-refractivity contribution in [1.29, 1.82) is 0 Å². The number of ether oxygens (including phenoxy) is 1. The maximum Gasteiger partial charge on any atom is 0.308 e. The van der Waals surface area contributed by atoms with Gasteiger partial charge in [-0.25, -0.2) is 0 Å². The van der Waals surface area contributed by atoms with Gasteiger partial charge in [0.1, 0.15) is 11.5 Å². The third kappa shape index (κ3) is 7.21. The van der Waals surface area contributed by atoms with Gasteiger partial charge in [-0.05, 0) is 42.6 Å². The van der Waals surface area contributed by atoms with E-state index in [1.165, 1.54) is 12.5 Å². The Kier molecular flexibility index (Phi) is 8.99. The van der Waals surface area contributed by atoms with E-state index >= 15 is 0 Å². The van der Waals surface area contributed by atoms with E-state index in [0.29, 0.717) is 5.75 Å². The first-order valence-corrected chi connectivity index (χ1v) is 11.1. The molecule has 1 aromatic carbocycles. The first-order chi connectivity index (χ1) is 13.3. The standard InChI is InChI=1S/C26H42O3/c1-10-12-14-19(15-13-11-2)16-20-22(28)17-21(25(4,5)6)24(29-18(3)27)23(20)26(7,8)9/h16-17,28H,10-15H2,1-9H3. The van der Waals surface area contributed by atoms with Crippen LogP contribution in [-0.4, -0.2) is 11.1 Å². The van der Waals surface area contributed by atoms with E-state index in [2.05, 4.69) is 61.5 Å². The molecule has 164 valence electrons. The van der Waals surface area contributed by atoms with Crippen LogP contribution >= 0.6 is 0 Å². The molecular weight excluding hydrogens is 360 g/mol. The third-order valence-electron chi connectivity index (χ3n) is 5.15. The van der Waals surface area contributed by atoms with E-state index in [9.17, 15) is 9.90 Å². The van der Waals surface area contributed by atoms with Crippen LogP contribution in [0.25, 0.3) is 6.08 Å². The molecule has 0 fully saturated rings. The lowest BCUT2D eigenvalue weighted by Crippen LogP contribution is -2.22. The molecule has 0 aromatic heterocycles. The predicted molar refractivity (Wildman–Crippen MR) is 124 cm³/mol. The molecule has 1 aromatic rings. The highest BCUT2D eigenvalue weighted by molar-refractivity contribution is 5.76. The van der Waals surface area contributed by atoms with Crippen molar-refractivity contribution in [2.24, 2.45) is 0 Å².